The van der Waals surface area contributed by atoms with Crippen molar-refractivity contribution >= 4 is 0 Å². The Bertz CT molecular complexity index is 140. The Balaban J connectivity index is 2.29. The van der Waals surface area contributed by atoms with E-state index in [2.05, 4.69) is 20.8 Å². The molecule has 0 bridgehead atoms. The van der Waals surface area contributed by atoms with Crippen molar-refractivity contribution in [3.8, 4) is 0 Å². The summed E-state index contributed by atoms with van der Waals surface area (Å²) in [6.07, 6.45) is 6.69. The second-order valence-corrected chi connectivity index (χ2v) is 4.65. The molecular formula is C12H25N. The first kappa shape index (κ1) is 11.0. The van der Waals surface area contributed by atoms with Crippen LogP contribution in [0.3, 0.4) is 0 Å². The van der Waals surface area contributed by atoms with Gasteiger partial charge in [-0.2, -0.15) is 0 Å². The maximum atomic E-state index is 5.98. The SMILES string of the molecule is CCC(CC)CC1CC(N)C1CC. The molecule has 0 amide bonds. The molecule has 3 unspecified atom stereocenters. The fourth-order valence-electron chi connectivity index (χ4n) is 2.81. The van der Waals surface area contributed by atoms with E-state index in [4.69, 9.17) is 5.73 Å². The Morgan fingerprint density at radius 1 is 1.23 bits per heavy atom. The normalized spacial score (nSPS) is 33.5. The van der Waals surface area contributed by atoms with Crippen LogP contribution in [-0.4, -0.2) is 6.04 Å². The van der Waals surface area contributed by atoms with Crippen LogP contribution in [0.1, 0.15) is 52.9 Å². The fraction of sp³-hybridized carbons (Fsp3) is 1.00. The maximum Gasteiger partial charge on any atom is 0.00724 e. The second kappa shape index (κ2) is 4.99. The van der Waals surface area contributed by atoms with Crippen LogP contribution >= 0.6 is 0 Å². The van der Waals surface area contributed by atoms with E-state index in [1.165, 1.54) is 32.1 Å². The van der Waals surface area contributed by atoms with Crippen molar-refractivity contribution in [2.75, 3.05) is 0 Å². The number of nitrogens with two attached hydrogens (primary N) is 1. The molecule has 0 aromatic carbocycles. The lowest BCUT2D eigenvalue weighted by molar-refractivity contribution is 0.100. The minimum Gasteiger partial charge on any atom is -0.327 e. The van der Waals surface area contributed by atoms with Crippen LogP contribution in [0.25, 0.3) is 0 Å². The van der Waals surface area contributed by atoms with Gasteiger partial charge >= 0.3 is 0 Å². The van der Waals surface area contributed by atoms with Gasteiger partial charge in [0.05, 0.1) is 0 Å². The maximum absolute atomic E-state index is 5.98. The molecule has 1 heteroatoms. The molecule has 1 fully saturated rings. The van der Waals surface area contributed by atoms with Gasteiger partial charge in [-0.3, -0.25) is 0 Å². The van der Waals surface area contributed by atoms with Crippen LogP contribution in [0.5, 0.6) is 0 Å². The molecule has 0 aliphatic heterocycles. The smallest absolute Gasteiger partial charge is 0.00724 e. The van der Waals surface area contributed by atoms with Gasteiger partial charge in [0.2, 0.25) is 0 Å². The molecule has 2 N–H and O–H groups in total. The van der Waals surface area contributed by atoms with Crippen molar-refractivity contribution in [1.29, 1.82) is 0 Å². The monoisotopic (exact) mass is 183 g/mol. The molecule has 1 nitrogen and oxygen atoms in total. The predicted molar refractivity (Wildman–Crippen MR) is 58.6 cm³/mol. The highest BCUT2D eigenvalue weighted by atomic mass is 14.7. The van der Waals surface area contributed by atoms with Gasteiger partial charge in [0.1, 0.15) is 0 Å². The topological polar surface area (TPSA) is 26.0 Å². The molecule has 1 rings (SSSR count). The molecule has 0 spiro atoms. The summed E-state index contributed by atoms with van der Waals surface area (Å²) in [4.78, 5) is 0. The summed E-state index contributed by atoms with van der Waals surface area (Å²) in [6, 6.07) is 0.518. The van der Waals surface area contributed by atoms with E-state index in [0.717, 1.165) is 17.8 Å². The third-order valence-electron chi connectivity index (χ3n) is 3.99. The molecule has 0 aromatic heterocycles. The molecular weight excluding hydrogens is 158 g/mol. The zero-order valence-corrected chi connectivity index (χ0v) is 9.42. The van der Waals surface area contributed by atoms with Gasteiger partial charge in [0.15, 0.2) is 0 Å². The largest absolute Gasteiger partial charge is 0.327 e. The van der Waals surface area contributed by atoms with Crippen LogP contribution in [0, 0.1) is 17.8 Å². The van der Waals surface area contributed by atoms with Crippen molar-refractivity contribution in [2.24, 2.45) is 23.5 Å². The van der Waals surface area contributed by atoms with Crippen LogP contribution < -0.4 is 5.73 Å². The first-order valence-corrected chi connectivity index (χ1v) is 5.98. The highest BCUT2D eigenvalue weighted by Gasteiger charge is 2.37. The summed E-state index contributed by atoms with van der Waals surface area (Å²) >= 11 is 0. The zero-order valence-electron chi connectivity index (χ0n) is 9.42. The van der Waals surface area contributed by atoms with Crippen molar-refractivity contribution in [3.63, 3.8) is 0 Å². The molecule has 0 saturated heterocycles. The summed E-state index contributed by atoms with van der Waals surface area (Å²) in [5.74, 6) is 2.73. The van der Waals surface area contributed by atoms with Crippen LogP contribution in [-0.2, 0) is 0 Å². The molecule has 3 atom stereocenters. The van der Waals surface area contributed by atoms with Crippen LogP contribution in [0.4, 0.5) is 0 Å². The summed E-state index contributed by atoms with van der Waals surface area (Å²) < 4.78 is 0. The molecule has 0 aromatic rings. The lowest BCUT2D eigenvalue weighted by Gasteiger charge is -2.44. The Hall–Kier alpha value is -0.0400. The lowest BCUT2D eigenvalue weighted by atomic mass is 9.65. The van der Waals surface area contributed by atoms with Gasteiger partial charge in [0.25, 0.3) is 0 Å². The summed E-state index contributed by atoms with van der Waals surface area (Å²) in [6.45, 7) is 6.91. The number of hydrogen-bond acceptors (Lipinski definition) is 1. The van der Waals surface area contributed by atoms with Gasteiger partial charge < -0.3 is 5.73 Å². The number of rotatable bonds is 5. The highest BCUT2D eigenvalue weighted by molar-refractivity contribution is 4.91. The lowest BCUT2D eigenvalue weighted by Crippen LogP contribution is -2.47. The van der Waals surface area contributed by atoms with Gasteiger partial charge in [-0.15, -0.1) is 0 Å². The minimum absolute atomic E-state index is 0.518. The molecule has 1 aliphatic carbocycles. The molecule has 13 heavy (non-hydrogen) atoms. The average molecular weight is 183 g/mol. The number of hydrogen-bond donors (Lipinski definition) is 1. The Labute approximate surface area is 83.1 Å². The van der Waals surface area contributed by atoms with Gasteiger partial charge in [-0.1, -0.05) is 40.0 Å². The van der Waals surface area contributed by atoms with Crippen molar-refractivity contribution in [2.45, 2.75) is 58.9 Å². The Morgan fingerprint density at radius 3 is 2.23 bits per heavy atom. The standard InChI is InChI=1S/C12H25N/c1-4-9(5-2)7-10-8-12(13)11(10)6-3/h9-12H,4-8,13H2,1-3H3. The summed E-state index contributed by atoms with van der Waals surface area (Å²) in [5, 5.41) is 0. The average Bonchev–Trinajstić information content (AvgIpc) is 2.12. The fourth-order valence-corrected chi connectivity index (χ4v) is 2.81. The van der Waals surface area contributed by atoms with Crippen molar-refractivity contribution < 1.29 is 0 Å². The van der Waals surface area contributed by atoms with Crippen molar-refractivity contribution in [3.05, 3.63) is 0 Å². The van der Waals surface area contributed by atoms with Crippen LogP contribution in [0.15, 0.2) is 0 Å². The third kappa shape index (κ3) is 2.46. The van der Waals surface area contributed by atoms with E-state index in [1.54, 1.807) is 0 Å². The van der Waals surface area contributed by atoms with Crippen LogP contribution in [0.2, 0.25) is 0 Å². The van der Waals surface area contributed by atoms with Gasteiger partial charge in [-0.25, -0.2) is 0 Å². The quantitative estimate of drug-likeness (QED) is 0.696. The minimum atomic E-state index is 0.518. The van der Waals surface area contributed by atoms with Crippen molar-refractivity contribution in [1.82, 2.24) is 0 Å². The van der Waals surface area contributed by atoms with E-state index in [-0.39, 0.29) is 0 Å². The Morgan fingerprint density at radius 2 is 1.85 bits per heavy atom. The molecule has 1 aliphatic rings. The van der Waals surface area contributed by atoms with E-state index in [1.807, 2.05) is 0 Å². The second-order valence-electron chi connectivity index (χ2n) is 4.65. The zero-order chi connectivity index (χ0) is 9.84. The summed E-state index contributed by atoms with van der Waals surface area (Å²) in [7, 11) is 0. The molecule has 0 heterocycles. The Kier molecular flexibility index (Phi) is 4.24. The molecule has 0 radical (unpaired) electrons. The third-order valence-corrected chi connectivity index (χ3v) is 3.99. The predicted octanol–water partition coefficient (Wildman–Crippen LogP) is 3.19. The molecule has 1 saturated carbocycles. The first-order chi connectivity index (χ1) is 6.22. The van der Waals surface area contributed by atoms with E-state index in [9.17, 15) is 0 Å². The van der Waals surface area contributed by atoms with E-state index in [0.29, 0.717) is 6.04 Å². The van der Waals surface area contributed by atoms with Gasteiger partial charge in [0, 0.05) is 6.04 Å². The van der Waals surface area contributed by atoms with Gasteiger partial charge in [-0.05, 0) is 30.6 Å². The summed E-state index contributed by atoms with van der Waals surface area (Å²) in [5.41, 5.74) is 5.98. The first-order valence-electron chi connectivity index (χ1n) is 5.98. The highest BCUT2D eigenvalue weighted by Crippen LogP contribution is 2.40. The van der Waals surface area contributed by atoms with E-state index < -0.39 is 0 Å². The van der Waals surface area contributed by atoms with E-state index >= 15 is 0 Å². The molecule has 78 valence electrons.